The Morgan fingerprint density at radius 1 is 1.17 bits per heavy atom. The fourth-order valence-corrected chi connectivity index (χ4v) is 3.52. The van der Waals surface area contributed by atoms with Crippen molar-refractivity contribution in [3.63, 3.8) is 0 Å². The first-order chi connectivity index (χ1) is 14.2. The molecule has 4 heteroatoms. The van der Waals surface area contributed by atoms with Crippen molar-refractivity contribution in [1.82, 2.24) is 0 Å². The summed E-state index contributed by atoms with van der Waals surface area (Å²) >= 11 is 0. The number of benzene rings is 2. The van der Waals surface area contributed by atoms with Gasteiger partial charge in [0, 0.05) is 17.4 Å². The van der Waals surface area contributed by atoms with Gasteiger partial charge in [0.15, 0.2) is 0 Å². The zero-order valence-electron chi connectivity index (χ0n) is 18.6. The third-order valence-electron chi connectivity index (χ3n) is 5.98. The van der Waals surface area contributed by atoms with Gasteiger partial charge >= 0.3 is 0 Å². The van der Waals surface area contributed by atoms with Crippen molar-refractivity contribution in [2.45, 2.75) is 59.8 Å². The van der Waals surface area contributed by atoms with E-state index < -0.39 is 5.41 Å². The maximum absolute atomic E-state index is 11.7. The van der Waals surface area contributed by atoms with Crippen LogP contribution in [0.15, 0.2) is 46.9 Å². The predicted octanol–water partition coefficient (Wildman–Crippen LogP) is 6.57. The van der Waals surface area contributed by atoms with Gasteiger partial charge in [0.25, 0.3) is 0 Å². The van der Waals surface area contributed by atoms with Gasteiger partial charge in [-0.2, -0.15) is 0 Å². The Labute approximate surface area is 178 Å². The minimum Gasteiger partial charge on any atom is -0.508 e. The summed E-state index contributed by atoms with van der Waals surface area (Å²) in [5.74, 6) is 2.48. The number of rotatable bonds is 9. The molecule has 160 valence electrons. The summed E-state index contributed by atoms with van der Waals surface area (Å²) in [6.45, 7) is 10.0. The van der Waals surface area contributed by atoms with Crippen molar-refractivity contribution in [2.75, 3.05) is 6.61 Å². The number of carbonyl (C=O) groups excluding carboxylic acids is 1. The number of aryl methyl sites for hydroxylation is 2. The van der Waals surface area contributed by atoms with E-state index in [9.17, 15) is 9.90 Å². The number of ether oxygens (including phenoxy) is 1. The van der Waals surface area contributed by atoms with E-state index in [2.05, 4.69) is 25.1 Å². The molecule has 0 fully saturated rings. The van der Waals surface area contributed by atoms with E-state index in [4.69, 9.17) is 9.15 Å². The molecule has 2 aromatic carbocycles. The van der Waals surface area contributed by atoms with E-state index in [0.717, 1.165) is 47.3 Å². The molecule has 0 aliphatic carbocycles. The lowest BCUT2D eigenvalue weighted by Crippen LogP contribution is -2.29. The Kier molecular flexibility index (Phi) is 6.55. The minimum atomic E-state index is -0.483. The minimum absolute atomic E-state index is 0.128. The highest BCUT2D eigenvalue weighted by atomic mass is 16.5. The van der Waals surface area contributed by atoms with E-state index >= 15 is 0 Å². The van der Waals surface area contributed by atoms with Crippen LogP contribution in [0.3, 0.4) is 0 Å². The molecule has 1 heterocycles. The Hall–Kier alpha value is -2.75. The number of ketones is 1. The van der Waals surface area contributed by atoms with Crippen molar-refractivity contribution in [1.29, 1.82) is 0 Å². The first kappa shape index (κ1) is 21.9. The van der Waals surface area contributed by atoms with Gasteiger partial charge in [0.1, 0.15) is 35.2 Å². The lowest BCUT2D eigenvalue weighted by molar-refractivity contribution is -0.126. The van der Waals surface area contributed by atoms with Gasteiger partial charge in [0.2, 0.25) is 0 Å². The number of fused-ring (bicyclic) bond motifs is 1. The fourth-order valence-electron chi connectivity index (χ4n) is 3.52. The molecule has 3 rings (SSSR count). The molecular weight excluding hydrogens is 376 g/mol. The zero-order chi connectivity index (χ0) is 21.9. The van der Waals surface area contributed by atoms with Crippen LogP contribution in [-0.2, 0) is 11.2 Å². The number of furan rings is 1. The van der Waals surface area contributed by atoms with Gasteiger partial charge in [-0.25, -0.2) is 0 Å². The molecule has 4 nitrogen and oxygen atoms in total. The lowest BCUT2D eigenvalue weighted by Gasteiger charge is -2.22. The van der Waals surface area contributed by atoms with Gasteiger partial charge in [-0.05, 0) is 82.3 Å². The lowest BCUT2D eigenvalue weighted by atomic mass is 9.90. The van der Waals surface area contributed by atoms with Gasteiger partial charge in [-0.15, -0.1) is 0 Å². The molecule has 0 radical (unpaired) electrons. The van der Waals surface area contributed by atoms with Crippen molar-refractivity contribution < 1.29 is 19.1 Å². The molecule has 0 spiro atoms. The number of aromatic hydroxyl groups is 1. The molecule has 30 heavy (non-hydrogen) atoms. The smallest absolute Gasteiger partial charge is 0.138 e. The van der Waals surface area contributed by atoms with E-state index in [-0.39, 0.29) is 11.5 Å². The van der Waals surface area contributed by atoms with Gasteiger partial charge in [-0.1, -0.05) is 19.1 Å². The molecule has 0 aliphatic heterocycles. The normalized spacial score (nSPS) is 12.8. The number of Topliss-reactive ketones (excluding diaryl/α,β-unsaturated/α-hetero) is 1. The van der Waals surface area contributed by atoms with Crippen LogP contribution in [0.1, 0.15) is 63.3 Å². The van der Waals surface area contributed by atoms with Crippen LogP contribution >= 0.6 is 0 Å². The van der Waals surface area contributed by atoms with Crippen molar-refractivity contribution >= 4 is 16.8 Å². The average molecular weight is 409 g/mol. The number of hydrogen-bond donors (Lipinski definition) is 1. The van der Waals surface area contributed by atoms with E-state index in [1.807, 2.05) is 32.9 Å². The van der Waals surface area contributed by atoms with Crippen molar-refractivity contribution in [3.05, 3.63) is 59.4 Å². The molecule has 0 amide bonds. The first-order valence-corrected chi connectivity index (χ1v) is 10.7. The molecule has 1 atom stereocenters. The SMILES string of the molecule is CCC(CCc1ccc(OCC(C)(C)C(C)=O)c(C)c1)c1cc2ccc(O)cc2o1. The van der Waals surface area contributed by atoms with Crippen molar-refractivity contribution in [2.24, 2.45) is 5.41 Å². The summed E-state index contributed by atoms with van der Waals surface area (Å²) < 4.78 is 11.9. The topological polar surface area (TPSA) is 59.7 Å². The van der Waals surface area contributed by atoms with Crippen molar-refractivity contribution in [3.8, 4) is 11.5 Å². The fraction of sp³-hybridized carbons (Fsp3) is 0.423. The molecule has 1 aromatic heterocycles. The maximum atomic E-state index is 11.7. The average Bonchev–Trinajstić information content (AvgIpc) is 3.10. The highest BCUT2D eigenvalue weighted by molar-refractivity contribution is 5.81. The van der Waals surface area contributed by atoms with Gasteiger partial charge in [0.05, 0.1) is 5.41 Å². The number of hydrogen-bond acceptors (Lipinski definition) is 4. The molecule has 1 N–H and O–H groups in total. The third-order valence-corrected chi connectivity index (χ3v) is 5.98. The first-order valence-electron chi connectivity index (χ1n) is 10.7. The second-order valence-corrected chi connectivity index (χ2v) is 8.84. The van der Waals surface area contributed by atoms with E-state index in [1.165, 1.54) is 5.56 Å². The predicted molar refractivity (Wildman–Crippen MR) is 120 cm³/mol. The standard InChI is InChI=1S/C26H32O4/c1-6-20(24-14-21-10-11-22(28)15-25(21)30-24)9-7-19-8-12-23(17(2)13-19)29-16-26(4,5)18(3)27/h8,10-15,20,28H,6-7,9,16H2,1-5H3. The molecule has 0 bridgehead atoms. The Morgan fingerprint density at radius 3 is 2.60 bits per heavy atom. The van der Waals surface area contributed by atoms with Crippen LogP contribution in [0.4, 0.5) is 0 Å². The molecular formula is C26H32O4. The largest absolute Gasteiger partial charge is 0.508 e. The summed E-state index contributed by atoms with van der Waals surface area (Å²) in [6.07, 6.45) is 2.92. The third kappa shape index (κ3) is 5.05. The second kappa shape index (κ2) is 8.95. The molecule has 1 unspecified atom stereocenters. The van der Waals surface area contributed by atoms with Crippen LogP contribution in [0.25, 0.3) is 11.0 Å². The van der Waals surface area contributed by atoms with E-state index in [1.54, 1.807) is 19.1 Å². The van der Waals surface area contributed by atoms with Gasteiger partial charge in [-0.3, -0.25) is 4.79 Å². The van der Waals surface area contributed by atoms with E-state index in [0.29, 0.717) is 12.5 Å². The summed E-state index contributed by atoms with van der Waals surface area (Å²) in [5, 5.41) is 10.7. The summed E-state index contributed by atoms with van der Waals surface area (Å²) in [4.78, 5) is 11.7. The van der Waals surface area contributed by atoms with Crippen LogP contribution in [0.5, 0.6) is 11.5 Å². The van der Waals surface area contributed by atoms with Crippen LogP contribution in [0.2, 0.25) is 0 Å². The monoisotopic (exact) mass is 408 g/mol. The Bertz CT molecular complexity index is 1030. The van der Waals surface area contributed by atoms with Crippen LogP contribution in [0, 0.1) is 12.3 Å². The van der Waals surface area contributed by atoms with Gasteiger partial charge < -0.3 is 14.3 Å². The molecule has 0 saturated heterocycles. The molecule has 3 aromatic rings. The quantitative estimate of drug-likeness (QED) is 0.435. The highest BCUT2D eigenvalue weighted by Crippen LogP contribution is 2.32. The Balaban J connectivity index is 1.65. The zero-order valence-corrected chi connectivity index (χ0v) is 18.6. The molecule has 0 saturated carbocycles. The summed E-state index contributed by atoms with van der Waals surface area (Å²) in [7, 11) is 0. The second-order valence-electron chi connectivity index (χ2n) is 8.84. The van der Waals surface area contributed by atoms with Crippen LogP contribution < -0.4 is 4.74 Å². The Morgan fingerprint density at radius 2 is 1.93 bits per heavy atom. The number of phenolic OH excluding ortho intramolecular Hbond substituents is 1. The number of carbonyl (C=O) groups is 1. The maximum Gasteiger partial charge on any atom is 0.138 e. The number of phenols is 1. The molecule has 0 aliphatic rings. The highest BCUT2D eigenvalue weighted by Gasteiger charge is 2.25. The van der Waals surface area contributed by atoms with Crippen LogP contribution in [-0.4, -0.2) is 17.5 Å². The summed E-state index contributed by atoms with van der Waals surface area (Å²) in [6, 6.07) is 13.6. The summed E-state index contributed by atoms with van der Waals surface area (Å²) in [5.41, 5.74) is 2.59.